The van der Waals surface area contributed by atoms with Gasteiger partial charge in [0.1, 0.15) is 0 Å². The van der Waals surface area contributed by atoms with Gasteiger partial charge in [-0.05, 0) is 55.1 Å². The lowest BCUT2D eigenvalue weighted by Crippen LogP contribution is -2.33. The second-order valence-electron chi connectivity index (χ2n) is 5.05. The highest BCUT2D eigenvalue weighted by molar-refractivity contribution is 6.30. The summed E-state index contributed by atoms with van der Waals surface area (Å²) in [7, 11) is 0. The molecule has 0 fully saturated rings. The van der Waals surface area contributed by atoms with Gasteiger partial charge in [-0.3, -0.25) is 4.98 Å². The standard InChI is InChI=1S/C17H21ClN2/c1-2-8-20-17(12-15-6-4-9-19-13-15)11-14-5-3-7-16(18)10-14/h3-7,9-10,13,17,20H,2,8,11-12H2,1H3. The van der Waals surface area contributed by atoms with Crippen molar-refractivity contribution in [1.82, 2.24) is 10.3 Å². The van der Waals surface area contributed by atoms with Crippen LogP contribution in [-0.2, 0) is 12.8 Å². The molecule has 0 aliphatic heterocycles. The zero-order valence-corrected chi connectivity index (χ0v) is 12.6. The van der Waals surface area contributed by atoms with Crippen LogP contribution in [0.3, 0.4) is 0 Å². The fraction of sp³-hybridized carbons (Fsp3) is 0.353. The molecule has 1 aromatic heterocycles. The molecule has 1 heterocycles. The lowest BCUT2D eigenvalue weighted by Gasteiger charge is -2.19. The highest BCUT2D eigenvalue weighted by atomic mass is 35.5. The van der Waals surface area contributed by atoms with E-state index in [2.05, 4.69) is 29.4 Å². The third kappa shape index (κ3) is 4.95. The number of rotatable bonds is 7. The first-order valence-electron chi connectivity index (χ1n) is 7.14. The number of hydrogen-bond donors (Lipinski definition) is 1. The van der Waals surface area contributed by atoms with Crippen LogP contribution in [0.15, 0.2) is 48.8 Å². The average Bonchev–Trinajstić information content (AvgIpc) is 2.46. The summed E-state index contributed by atoms with van der Waals surface area (Å²) in [6.07, 6.45) is 6.86. The topological polar surface area (TPSA) is 24.9 Å². The summed E-state index contributed by atoms with van der Waals surface area (Å²) < 4.78 is 0. The highest BCUT2D eigenvalue weighted by Crippen LogP contribution is 2.14. The molecule has 106 valence electrons. The second kappa shape index (κ2) is 8.03. The van der Waals surface area contributed by atoms with Gasteiger partial charge in [-0.1, -0.05) is 36.7 Å². The van der Waals surface area contributed by atoms with Gasteiger partial charge in [-0.15, -0.1) is 0 Å². The van der Waals surface area contributed by atoms with E-state index < -0.39 is 0 Å². The average molecular weight is 289 g/mol. The van der Waals surface area contributed by atoms with E-state index in [0.717, 1.165) is 30.8 Å². The molecule has 0 radical (unpaired) electrons. The Hall–Kier alpha value is -1.38. The third-order valence-corrected chi connectivity index (χ3v) is 3.49. The van der Waals surface area contributed by atoms with Crippen molar-refractivity contribution in [2.45, 2.75) is 32.2 Å². The zero-order chi connectivity index (χ0) is 14.2. The van der Waals surface area contributed by atoms with Crippen LogP contribution in [0.1, 0.15) is 24.5 Å². The smallest absolute Gasteiger partial charge is 0.0408 e. The van der Waals surface area contributed by atoms with Crippen LogP contribution in [0.4, 0.5) is 0 Å². The molecule has 0 bridgehead atoms. The summed E-state index contributed by atoms with van der Waals surface area (Å²) in [5, 5.41) is 4.42. The van der Waals surface area contributed by atoms with Crippen LogP contribution >= 0.6 is 11.6 Å². The van der Waals surface area contributed by atoms with Crippen molar-refractivity contribution < 1.29 is 0 Å². The van der Waals surface area contributed by atoms with Crippen LogP contribution in [-0.4, -0.2) is 17.6 Å². The van der Waals surface area contributed by atoms with Crippen molar-refractivity contribution in [3.63, 3.8) is 0 Å². The molecule has 0 saturated heterocycles. The van der Waals surface area contributed by atoms with Crippen molar-refractivity contribution in [2.24, 2.45) is 0 Å². The number of aromatic nitrogens is 1. The van der Waals surface area contributed by atoms with Crippen molar-refractivity contribution in [1.29, 1.82) is 0 Å². The van der Waals surface area contributed by atoms with E-state index in [1.807, 2.05) is 36.7 Å². The molecular weight excluding hydrogens is 268 g/mol. The monoisotopic (exact) mass is 288 g/mol. The second-order valence-corrected chi connectivity index (χ2v) is 5.49. The molecule has 0 aliphatic rings. The van der Waals surface area contributed by atoms with Gasteiger partial charge in [-0.2, -0.15) is 0 Å². The number of benzene rings is 1. The maximum Gasteiger partial charge on any atom is 0.0408 e. The number of hydrogen-bond acceptors (Lipinski definition) is 2. The van der Waals surface area contributed by atoms with E-state index in [9.17, 15) is 0 Å². The molecule has 20 heavy (non-hydrogen) atoms. The van der Waals surface area contributed by atoms with Crippen molar-refractivity contribution >= 4 is 11.6 Å². The summed E-state index contributed by atoms with van der Waals surface area (Å²) in [6.45, 7) is 3.22. The number of halogens is 1. The predicted octanol–water partition coefficient (Wildman–Crippen LogP) is 3.89. The van der Waals surface area contributed by atoms with Crippen molar-refractivity contribution in [3.05, 3.63) is 64.9 Å². The van der Waals surface area contributed by atoms with E-state index in [1.165, 1.54) is 11.1 Å². The quantitative estimate of drug-likeness (QED) is 0.836. The Kier molecular flexibility index (Phi) is 6.03. The maximum atomic E-state index is 6.06. The number of nitrogens with zero attached hydrogens (tertiary/aromatic N) is 1. The summed E-state index contributed by atoms with van der Waals surface area (Å²) in [6, 6.07) is 12.6. The molecule has 1 N–H and O–H groups in total. The molecule has 1 aromatic carbocycles. The maximum absolute atomic E-state index is 6.06. The molecule has 2 aromatic rings. The Bertz CT molecular complexity index is 513. The van der Waals surface area contributed by atoms with Gasteiger partial charge >= 0.3 is 0 Å². The molecule has 3 heteroatoms. The van der Waals surface area contributed by atoms with Crippen LogP contribution in [0.5, 0.6) is 0 Å². The molecule has 0 amide bonds. The number of nitrogens with one attached hydrogen (secondary N) is 1. The molecule has 0 spiro atoms. The van der Waals surface area contributed by atoms with Crippen LogP contribution in [0.25, 0.3) is 0 Å². The summed E-state index contributed by atoms with van der Waals surface area (Å²) >= 11 is 6.06. The first kappa shape index (κ1) is 15.0. The Morgan fingerprint density at radius 1 is 1.15 bits per heavy atom. The fourth-order valence-corrected chi connectivity index (χ4v) is 2.53. The van der Waals surface area contributed by atoms with Gasteiger partial charge in [0, 0.05) is 23.5 Å². The summed E-state index contributed by atoms with van der Waals surface area (Å²) in [5.41, 5.74) is 2.54. The minimum absolute atomic E-state index is 0.414. The lowest BCUT2D eigenvalue weighted by molar-refractivity contribution is 0.504. The van der Waals surface area contributed by atoms with Crippen LogP contribution in [0.2, 0.25) is 5.02 Å². The molecular formula is C17H21ClN2. The number of pyridine rings is 1. The van der Waals surface area contributed by atoms with Gasteiger partial charge in [0.15, 0.2) is 0 Å². The van der Waals surface area contributed by atoms with E-state index in [0.29, 0.717) is 6.04 Å². The molecule has 2 nitrogen and oxygen atoms in total. The SMILES string of the molecule is CCCNC(Cc1cccnc1)Cc1cccc(Cl)c1. The van der Waals surface area contributed by atoms with Crippen molar-refractivity contribution in [2.75, 3.05) is 6.54 Å². The fourth-order valence-electron chi connectivity index (χ4n) is 2.32. The zero-order valence-electron chi connectivity index (χ0n) is 11.8. The summed E-state index contributed by atoms with van der Waals surface area (Å²) in [5.74, 6) is 0. The Morgan fingerprint density at radius 2 is 1.95 bits per heavy atom. The minimum atomic E-state index is 0.414. The lowest BCUT2D eigenvalue weighted by atomic mass is 10.00. The predicted molar refractivity (Wildman–Crippen MR) is 85.2 cm³/mol. The largest absolute Gasteiger partial charge is 0.313 e. The first-order chi connectivity index (χ1) is 9.78. The van der Waals surface area contributed by atoms with E-state index >= 15 is 0 Å². The third-order valence-electron chi connectivity index (χ3n) is 3.26. The molecule has 2 rings (SSSR count). The van der Waals surface area contributed by atoms with Gasteiger partial charge < -0.3 is 5.32 Å². The Balaban J connectivity index is 2.03. The minimum Gasteiger partial charge on any atom is -0.313 e. The van der Waals surface area contributed by atoms with Crippen molar-refractivity contribution in [3.8, 4) is 0 Å². The Labute approximate surface area is 126 Å². The van der Waals surface area contributed by atoms with Crippen LogP contribution in [0, 0.1) is 0 Å². The molecule has 0 aliphatic carbocycles. The molecule has 1 atom stereocenters. The van der Waals surface area contributed by atoms with Gasteiger partial charge in [-0.25, -0.2) is 0 Å². The highest BCUT2D eigenvalue weighted by Gasteiger charge is 2.10. The molecule has 0 saturated carbocycles. The Morgan fingerprint density at radius 3 is 2.65 bits per heavy atom. The van der Waals surface area contributed by atoms with Gasteiger partial charge in [0.2, 0.25) is 0 Å². The first-order valence-corrected chi connectivity index (χ1v) is 7.52. The molecule has 1 unspecified atom stereocenters. The van der Waals surface area contributed by atoms with E-state index in [-0.39, 0.29) is 0 Å². The van der Waals surface area contributed by atoms with E-state index in [1.54, 1.807) is 0 Å². The normalized spacial score (nSPS) is 12.3. The van der Waals surface area contributed by atoms with Gasteiger partial charge in [0.25, 0.3) is 0 Å². The van der Waals surface area contributed by atoms with Crippen LogP contribution < -0.4 is 5.32 Å². The van der Waals surface area contributed by atoms with E-state index in [4.69, 9.17) is 11.6 Å². The van der Waals surface area contributed by atoms with Gasteiger partial charge in [0.05, 0.1) is 0 Å². The summed E-state index contributed by atoms with van der Waals surface area (Å²) in [4.78, 5) is 4.19.